The minimum Gasteiger partial charge on any atom is -0.378 e. The van der Waals surface area contributed by atoms with Crippen molar-refractivity contribution >= 4 is 39.6 Å². The maximum absolute atomic E-state index is 15.0. The molecular weight excluding hydrogens is 734 g/mol. The first-order valence-electron chi connectivity index (χ1n) is 17.1. The van der Waals surface area contributed by atoms with Crippen LogP contribution in [0.3, 0.4) is 0 Å². The van der Waals surface area contributed by atoms with Gasteiger partial charge in [0, 0.05) is 51.0 Å². The molecule has 4 bridgehead atoms. The van der Waals surface area contributed by atoms with Crippen LogP contribution in [0, 0.1) is 24.4 Å². The Morgan fingerprint density at radius 2 is 1.78 bits per heavy atom. The van der Waals surface area contributed by atoms with Gasteiger partial charge in [-0.2, -0.15) is 18.3 Å². The fourth-order valence-electron chi connectivity index (χ4n) is 7.34. The number of benzene rings is 2. The first-order chi connectivity index (χ1) is 26.2. The first-order valence-corrected chi connectivity index (χ1v) is 17.1. The van der Waals surface area contributed by atoms with Crippen molar-refractivity contribution < 1.29 is 41.0 Å². The zero-order chi connectivity index (χ0) is 38.9. The predicted octanol–water partition coefficient (Wildman–Crippen LogP) is 5.10. The molecule has 2 aromatic carbocycles. The summed E-state index contributed by atoms with van der Waals surface area (Å²) in [7, 11) is 3.06. The van der Waals surface area contributed by atoms with E-state index in [0.29, 0.717) is 40.0 Å². The molecule has 4 aromatic heterocycles. The van der Waals surface area contributed by atoms with E-state index in [1.807, 2.05) is 4.57 Å². The summed E-state index contributed by atoms with van der Waals surface area (Å²) >= 11 is 0. The minimum atomic E-state index is -5.20. The van der Waals surface area contributed by atoms with Gasteiger partial charge in [0.1, 0.15) is 40.8 Å². The zero-order valence-corrected chi connectivity index (χ0v) is 29.4. The van der Waals surface area contributed by atoms with E-state index in [1.165, 1.54) is 35.2 Å². The molecule has 1 fully saturated rings. The Balaban J connectivity index is 1.27. The van der Waals surface area contributed by atoms with Gasteiger partial charge in [0.2, 0.25) is 12.0 Å². The number of aliphatic hydroxyl groups is 1. The van der Waals surface area contributed by atoms with Gasteiger partial charge in [0.05, 0.1) is 41.0 Å². The van der Waals surface area contributed by atoms with Gasteiger partial charge in [-0.3, -0.25) is 4.79 Å². The number of pyridine rings is 1. The van der Waals surface area contributed by atoms with E-state index in [4.69, 9.17) is 9.72 Å². The number of alkyl halides is 3. The van der Waals surface area contributed by atoms with Crippen LogP contribution in [-0.2, 0) is 16.1 Å². The van der Waals surface area contributed by atoms with E-state index in [9.17, 15) is 31.9 Å². The highest BCUT2D eigenvalue weighted by Crippen LogP contribution is 2.38. The summed E-state index contributed by atoms with van der Waals surface area (Å²) in [5.41, 5.74) is 1.31. The number of nitrogens with one attached hydrogen (secondary N) is 1. The summed E-state index contributed by atoms with van der Waals surface area (Å²) in [6, 6.07) is 8.84. The predicted molar refractivity (Wildman–Crippen MR) is 187 cm³/mol. The third kappa shape index (κ3) is 6.45. The van der Waals surface area contributed by atoms with Crippen LogP contribution in [-0.4, -0.2) is 102 Å². The molecule has 1 amide bonds. The molecule has 2 aliphatic rings. The average molecular weight is 767 g/mol. The number of nitrogens with zero attached hydrogens (tertiary/aromatic N) is 9. The molecule has 286 valence electrons. The third-order valence-corrected chi connectivity index (χ3v) is 9.92. The number of aliphatic hydroxyl groups excluding tert-OH is 1. The van der Waals surface area contributed by atoms with Crippen LogP contribution in [0.25, 0.3) is 39.0 Å². The molecule has 2 aliphatic heterocycles. The Hall–Kier alpha value is -5.82. The smallest absolute Gasteiger partial charge is 0.378 e. The molecule has 1 saturated heterocycles. The number of imidazole rings is 1. The van der Waals surface area contributed by atoms with Gasteiger partial charge in [-0.1, -0.05) is 6.07 Å². The topological polar surface area (TPSA) is 139 Å². The highest BCUT2D eigenvalue weighted by molar-refractivity contribution is 5.94. The molecule has 13 nitrogen and oxygen atoms in total. The van der Waals surface area contributed by atoms with E-state index >= 15 is 4.39 Å². The number of aromatic nitrogens is 7. The van der Waals surface area contributed by atoms with Gasteiger partial charge in [0.15, 0.2) is 17.3 Å². The number of hydrogen-bond donors (Lipinski definition) is 2. The lowest BCUT2D eigenvalue weighted by molar-refractivity contribution is -0.209. The Bertz CT molecular complexity index is 2470. The van der Waals surface area contributed by atoms with Gasteiger partial charge >= 0.3 is 6.18 Å². The lowest BCUT2D eigenvalue weighted by Gasteiger charge is -2.31. The van der Waals surface area contributed by atoms with Crippen LogP contribution in [0.1, 0.15) is 24.2 Å². The number of rotatable bonds is 4. The Labute approximate surface area is 308 Å². The highest BCUT2D eigenvalue weighted by atomic mass is 19.4. The second-order valence-corrected chi connectivity index (χ2v) is 13.6. The van der Waals surface area contributed by atoms with E-state index < -0.39 is 59.7 Å². The van der Waals surface area contributed by atoms with Gasteiger partial charge < -0.3 is 29.5 Å². The second kappa shape index (κ2) is 13.5. The van der Waals surface area contributed by atoms with E-state index in [-0.39, 0.29) is 48.6 Å². The largest absolute Gasteiger partial charge is 0.421 e. The van der Waals surface area contributed by atoms with Gasteiger partial charge in [-0.05, 0) is 43.7 Å². The number of carbonyl (C=O) groups excluding carboxylic acids is 1. The van der Waals surface area contributed by atoms with Crippen LogP contribution in [0.15, 0.2) is 54.7 Å². The number of likely N-dealkylation sites (N-methyl/N-ethyl adjacent to an activating group) is 1. The summed E-state index contributed by atoms with van der Waals surface area (Å²) in [6.07, 6.45) is -7.63. The maximum Gasteiger partial charge on any atom is 0.421 e. The molecule has 55 heavy (non-hydrogen) atoms. The molecule has 6 aromatic rings. The number of anilines is 2. The van der Waals surface area contributed by atoms with Crippen molar-refractivity contribution in [1.82, 2.24) is 39.2 Å². The number of halogens is 6. The van der Waals surface area contributed by atoms with Crippen LogP contribution in [0.2, 0.25) is 0 Å². The molecule has 2 N–H and O–H groups in total. The molecule has 19 heteroatoms. The SMILES string of the molecule is CO[C@H]1CN(C)C(=O)[C@@H]2C[C@@H](CN2c2nc(C(O)C(F)(F)F)nc3c2cnn3-c2ccc(F)cc2F)Nc2cccc(n2)-c2cc(F)cc3nc(C)n(c23)C1. The number of methoxy groups -OCH3 is 1. The molecule has 0 spiro atoms. The molecule has 8 rings (SSSR count). The molecule has 0 aliphatic carbocycles. The zero-order valence-electron chi connectivity index (χ0n) is 29.4. The van der Waals surface area contributed by atoms with Gasteiger partial charge in [-0.25, -0.2) is 37.8 Å². The van der Waals surface area contributed by atoms with Crippen molar-refractivity contribution in [3.05, 3.63) is 83.8 Å². The number of hydrogen-bond acceptors (Lipinski definition) is 10. The highest BCUT2D eigenvalue weighted by Gasteiger charge is 2.45. The Morgan fingerprint density at radius 1 is 0.982 bits per heavy atom. The maximum atomic E-state index is 15.0. The summed E-state index contributed by atoms with van der Waals surface area (Å²) in [5, 5.41) is 17.9. The second-order valence-electron chi connectivity index (χ2n) is 13.6. The summed E-state index contributed by atoms with van der Waals surface area (Å²) in [5.74, 6) is -3.21. The van der Waals surface area contributed by atoms with Crippen molar-refractivity contribution in [2.24, 2.45) is 0 Å². The molecule has 1 unspecified atom stereocenters. The quantitative estimate of drug-likeness (QED) is 0.233. The fourth-order valence-corrected chi connectivity index (χ4v) is 7.34. The molecule has 6 heterocycles. The van der Waals surface area contributed by atoms with Gasteiger partial charge in [0.25, 0.3) is 0 Å². The molecular formula is C36H32F6N10O3. The minimum absolute atomic E-state index is 0.0101. The first kappa shape index (κ1) is 36.2. The van der Waals surface area contributed by atoms with Crippen molar-refractivity contribution in [2.75, 3.05) is 37.5 Å². The standard InChI is InChI=1S/C36H32F6N10O3/c1-17-44-26-11-19(38)9-22-25-5-4-6-29(46-25)45-20-12-28(35(54)49(2)15-21(55-3)16-50(17)30(22)26)51(14-20)33-23-13-43-52(27-8-7-18(37)10-24(27)39)34(23)48-32(47-33)31(53)36(40,41)42/h4-11,13,20-21,28,31,53H,12,14-16H2,1-3H3,(H,45,46)/t20-,21-,28-,31?/m0/s1. The summed E-state index contributed by atoms with van der Waals surface area (Å²) < 4.78 is 94.4. The van der Waals surface area contributed by atoms with Crippen molar-refractivity contribution in [3.63, 3.8) is 0 Å². The van der Waals surface area contributed by atoms with E-state index in [0.717, 1.165) is 16.8 Å². The van der Waals surface area contributed by atoms with Crippen molar-refractivity contribution in [3.8, 4) is 16.9 Å². The van der Waals surface area contributed by atoms with Gasteiger partial charge in [-0.15, -0.1) is 0 Å². The molecule has 4 atom stereocenters. The van der Waals surface area contributed by atoms with Crippen LogP contribution < -0.4 is 10.2 Å². The number of fused-ring (bicyclic) bond motifs is 6. The fraction of sp³-hybridized carbons (Fsp3) is 0.333. The third-order valence-electron chi connectivity index (χ3n) is 9.92. The normalized spacial score (nSPS) is 19.8. The van der Waals surface area contributed by atoms with E-state index in [2.05, 4.69) is 25.4 Å². The summed E-state index contributed by atoms with van der Waals surface area (Å²) in [6.45, 7) is 2.05. The van der Waals surface area contributed by atoms with E-state index in [1.54, 1.807) is 32.2 Å². The lowest BCUT2D eigenvalue weighted by atomic mass is 10.1. The number of amides is 1. The summed E-state index contributed by atoms with van der Waals surface area (Å²) in [4.78, 5) is 34.9. The van der Waals surface area contributed by atoms with Crippen LogP contribution >= 0.6 is 0 Å². The number of aryl methyl sites for hydroxylation is 1. The molecule has 0 saturated carbocycles. The molecule has 0 radical (unpaired) electrons. The monoisotopic (exact) mass is 766 g/mol. The van der Waals surface area contributed by atoms with Crippen LogP contribution in [0.5, 0.6) is 0 Å². The van der Waals surface area contributed by atoms with Crippen molar-refractivity contribution in [2.45, 2.75) is 50.4 Å². The Kier molecular flexibility index (Phi) is 8.87. The number of carbonyl (C=O) groups is 1. The van der Waals surface area contributed by atoms with Crippen LogP contribution in [0.4, 0.5) is 38.0 Å². The average Bonchev–Trinajstić information content (AvgIpc) is 3.84. The number of ether oxygens (including phenoxy) is 1. The lowest BCUT2D eigenvalue weighted by Crippen LogP contribution is -2.47. The van der Waals surface area contributed by atoms with Crippen molar-refractivity contribution in [1.29, 1.82) is 0 Å². The Morgan fingerprint density at radius 3 is 2.53 bits per heavy atom.